The second-order valence-electron chi connectivity index (χ2n) is 4.46. The molecule has 3 rings (SSSR count). The summed E-state index contributed by atoms with van der Waals surface area (Å²) in [7, 11) is 0. The first-order chi connectivity index (χ1) is 9.78. The molecule has 0 aliphatic carbocycles. The van der Waals surface area contributed by atoms with Gasteiger partial charge in [0.05, 0.1) is 11.3 Å². The van der Waals surface area contributed by atoms with Crippen LogP contribution in [-0.4, -0.2) is 4.98 Å². The van der Waals surface area contributed by atoms with Crippen molar-refractivity contribution in [1.29, 1.82) is 5.26 Å². The lowest BCUT2D eigenvalue weighted by Crippen LogP contribution is -1.81. The fourth-order valence-electron chi connectivity index (χ4n) is 2.16. The van der Waals surface area contributed by atoms with E-state index in [2.05, 4.69) is 11.1 Å². The molecule has 1 N–H and O–H groups in total. The number of hydrogen-bond acceptors (Lipinski definition) is 1. The number of aromatic amines is 1. The Bertz CT molecular complexity index is 765. The minimum atomic E-state index is 0.631. The Kier molecular flexibility index (Phi) is 3.28. The molecule has 20 heavy (non-hydrogen) atoms. The average Bonchev–Trinajstić information content (AvgIpc) is 2.93. The Labute approximate surface area is 122 Å². The molecule has 3 aromatic rings. The van der Waals surface area contributed by atoms with Gasteiger partial charge in [0.15, 0.2) is 0 Å². The maximum Gasteiger partial charge on any atom is 0.101 e. The van der Waals surface area contributed by atoms with Gasteiger partial charge >= 0.3 is 0 Å². The summed E-state index contributed by atoms with van der Waals surface area (Å²) in [5.41, 5.74) is 4.40. The molecule has 0 amide bonds. The van der Waals surface area contributed by atoms with Crippen molar-refractivity contribution in [3.63, 3.8) is 0 Å². The highest BCUT2D eigenvalue weighted by Crippen LogP contribution is 2.29. The van der Waals surface area contributed by atoms with Crippen molar-refractivity contribution in [3.05, 3.63) is 71.2 Å². The van der Waals surface area contributed by atoms with Gasteiger partial charge in [-0.2, -0.15) is 5.26 Å². The third-order valence-corrected chi connectivity index (χ3v) is 3.41. The van der Waals surface area contributed by atoms with Crippen LogP contribution >= 0.6 is 11.6 Å². The zero-order valence-corrected chi connectivity index (χ0v) is 11.4. The molecule has 0 aliphatic heterocycles. The van der Waals surface area contributed by atoms with E-state index >= 15 is 0 Å². The highest BCUT2D eigenvalue weighted by Gasteiger charge is 2.10. The van der Waals surface area contributed by atoms with Crippen LogP contribution in [0.2, 0.25) is 5.02 Å². The molecular formula is C17H11ClN2. The summed E-state index contributed by atoms with van der Waals surface area (Å²) in [6.45, 7) is 0. The van der Waals surface area contributed by atoms with Gasteiger partial charge in [-0.15, -0.1) is 0 Å². The summed E-state index contributed by atoms with van der Waals surface area (Å²) < 4.78 is 0. The molecule has 0 aliphatic rings. The minimum absolute atomic E-state index is 0.631. The van der Waals surface area contributed by atoms with Crippen LogP contribution in [0.5, 0.6) is 0 Å². The van der Waals surface area contributed by atoms with Crippen molar-refractivity contribution in [2.24, 2.45) is 0 Å². The summed E-state index contributed by atoms with van der Waals surface area (Å²) in [6.07, 6.45) is 0. The predicted molar refractivity (Wildman–Crippen MR) is 81.4 cm³/mol. The lowest BCUT2D eigenvalue weighted by molar-refractivity contribution is 1.38. The Morgan fingerprint density at radius 1 is 0.900 bits per heavy atom. The van der Waals surface area contributed by atoms with Gasteiger partial charge in [0, 0.05) is 10.7 Å². The number of nitrogens with zero attached hydrogens (tertiary/aromatic N) is 1. The van der Waals surface area contributed by atoms with Crippen LogP contribution in [0, 0.1) is 11.3 Å². The van der Waals surface area contributed by atoms with Crippen molar-refractivity contribution in [3.8, 4) is 28.6 Å². The molecule has 0 saturated carbocycles. The first kappa shape index (κ1) is 12.5. The molecule has 1 aromatic heterocycles. The Hall–Kier alpha value is -2.50. The second kappa shape index (κ2) is 5.24. The maximum atomic E-state index is 9.30. The molecule has 96 valence electrons. The lowest BCUT2D eigenvalue weighted by atomic mass is 10.1. The summed E-state index contributed by atoms with van der Waals surface area (Å²) in [5, 5.41) is 9.98. The fraction of sp³-hybridized carbons (Fsp3) is 0. The molecule has 0 fully saturated rings. The monoisotopic (exact) mass is 278 g/mol. The van der Waals surface area contributed by atoms with Crippen molar-refractivity contribution >= 4 is 11.6 Å². The van der Waals surface area contributed by atoms with E-state index in [4.69, 9.17) is 11.6 Å². The van der Waals surface area contributed by atoms with Crippen LogP contribution in [0.3, 0.4) is 0 Å². The van der Waals surface area contributed by atoms with E-state index in [1.807, 2.05) is 60.7 Å². The van der Waals surface area contributed by atoms with E-state index in [9.17, 15) is 5.26 Å². The number of rotatable bonds is 2. The lowest BCUT2D eigenvalue weighted by Gasteiger charge is -2.00. The summed E-state index contributed by atoms with van der Waals surface area (Å²) in [5.74, 6) is 0. The van der Waals surface area contributed by atoms with E-state index in [-0.39, 0.29) is 0 Å². The molecular weight excluding hydrogens is 268 g/mol. The van der Waals surface area contributed by atoms with Crippen molar-refractivity contribution < 1.29 is 0 Å². The van der Waals surface area contributed by atoms with Crippen molar-refractivity contribution in [1.82, 2.24) is 4.98 Å². The van der Waals surface area contributed by atoms with Gasteiger partial charge in [0.2, 0.25) is 0 Å². The first-order valence-electron chi connectivity index (χ1n) is 6.22. The largest absolute Gasteiger partial charge is 0.353 e. The fourth-order valence-corrected chi connectivity index (χ4v) is 2.29. The SMILES string of the molecule is N#Cc1cc(-c2ccccc2)[nH]c1-c1ccc(Cl)cc1. The van der Waals surface area contributed by atoms with Gasteiger partial charge in [-0.1, -0.05) is 54.1 Å². The molecule has 0 unspecified atom stereocenters. The quantitative estimate of drug-likeness (QED) is 0.713. The molecule has 0 radical (unpaired) electrons. The number of aromatic nitrogens is 1. The van der Waals surface area contributed by atoms with Gasteiger partial charge in [0.25, 0.3) is 0 Å². The van der Waals surface area contributed by atoms with Crippen molar-refractivity contribution in [2.75, 3.05) is 0 Å². The maximum absolute atomic E-state index is 9.30. The number of nitrogens with one attached hydrogen (secondary N) is 1. The van der Waals surface area contributed by atoms with E-state index in [1.165, 1.54) is 0 Å². The molecule has 0 bridgehead atoms. The molecule has 2 nitrogen and oxygen atoms in total. The summed E-state index contributed by atoms with van der Waals surface area (Å²) in [4.78, 5) is 3.32. The average molecular weight is 279 g/mol. The Balaban J connectivity index is 2.11. The zero-order chi connectivity index (χ0) is 13.9. The van der Waals surface area contributed by atoms with Gasteiger partial charge < -0.3 is 4.98 Å². The topological polar surface area (TPSA) is 39.6 Å². The zero-order valence-electron chi connectivity index (χ0n) is 10.6. The normalized spacial score (nSPS) is 10.2. The Morgan fingerprint density at radius 3 is 2.25 bits per heavy atom. The van der Waals surface area contributed by atoms with Gasteiger partial charge in [0.1, 0.15) is 6.07 Å². The van der Waals surface area contributed by atoms with Crippen LogP contribution < -0.4 is 0 Å². The number of benzene rings is 2. The van der Waals surface area contributed by atoms with Gasteiger partial charge in [-0.25, -0.2) is 0 Å². The number of nitriles is 1. The standard InChI is InChI=1S/C17H11ClN2/c18-15-8-6-13(7-9-15)17-14(11-19)10-16(20-17)12-4-2-1-3-5-12/h1-10,20H. The van der Waals surface area contributed by atoms with Crippen LogP contribution in [0.4, 0.5) is 0 Å². The highest BCUT2D eigenvalue weighted by atomic mass is 35.5. The van der Waals surface area contributed by atoms with Crippen LogP contribution in [-0.2, 0) is 0 Å². The van der Waals surface area contributed by atoms with Gasteiger partial charge in [-0.3, -0.25) is 0 Å². The van der Waals surface area contributed by atoms with E-state index in [1.54, 1.807) is 0 Å². The second-order valence-corrected chi connectivity index (χ2v) is 4.89. The third-order valence-electron chi connectivity index (χ3n) is 3.16. The first-order valence-corrected chi connectivity index (χ1v) is 6.60. The molecule has 3 heteroatoms. The number of halogens is 1. The molecule has 2 aromatic carbocycles. The Morgan fingerprint density at radius 2 is 1.60 bits per heavy atom. The van der Waals surface area contributed by atoms with E-state index < -0.39 is 0 Å². The van der Waals surface area contributed by atoms with Crippen molar-refractivity contribution in [2.45, 2.75) is 0 Å². The molecule has 0 spiro atoms. The third kappa shape index (κ3) is 2.32. The smallest absolute Gasteiger partial charge is 0.101 e. The molecule has 0 saturated heterocycles. The van der Waals surface area contributed by atoms with Crippen LogP contribution in [0.25, 0.3) is 22.5 Å². The van der Waals surface area contributed by atoms with E-state index in [0.29, 0.717) is 10.6 Å². The van der Waals surface area contributed by atoms with Crippen LogP contribution in [0.15, 0.2) is 60.7 Å². The minimum Gasteiger partial charge on any atom is -0.353 e. The summed E-state index contributed by atoms with van der Waals surface area (Å²) in [6, 6.07) is 21.5. The van der Waals surface area contributed by atoms with Crippen LogP contribution in [0.1, 0.15) is 5.56 Å². The highest BCUT2D eigenvalue weighted by molar-refractivity contribution is 6.30. The summed E-state index contributed by atoms with van der Waals surface area (Å²) >= 11 is 5.90. The molecule has 1 heterocycles. The molecule has 0 atom stereocenters. The van der Waals surface area contributed by atoms with Gasteiger partial charge in [-0.05, 0) is 29.3 Å². The van der Waals surface area contributed by atoms with E-state index in [0.717, 1.165) is 22.5 Å². The number of H-pyrrole nitrogens is 1. The predicted octanol–water partition coefficient (Wildman–Crippen LogP) is 4.87. The number of hydrogen-bond donors (Lipinski definition) is 1.